The van der Waals surface area contributed by atoms with Gasteiger partial charge in [-0.3, -0.25) is 4.79 Å². The number of hydrogen-bond donors (Lipinski definition) is 2. The van der Waals surface area contributed by atoms with Crippen molar-refractivity contribution in [3.8, 4) is 22.9 Å². The number of anilines is 1. The highest BCUT2D eigenvalue weighted by Gasteiger charge is 2.11. The Morgan fingerprint density at radius 1 is 1.19 bits per heavy atom. The molecule has 0 aliphatic heterocycles. The van der Waals surface area contributed by atoms with Crippen LogP contribution >= 0.6 is 0 Å². The molecule has 0 spiro atoms. The molecule has 1 heterocycles. The van der Waals surface area contributed by atoms with Crippen LogP contribution in [0.4, 0.5) is 5.69 Å². The van der Waals surface area contributed by atoms with Gasteiger partial charge in [-0.25, -0.2) is 0 Å². The fourth-order valence-electron chi connectivity index (χ4n) is 2.29. The molecule has 1 aromatic heterocycles. The van der Waals surface area contributed by atoms with Gasteiger partial charge in [0, 0.05) is 5.56 Å². The molecule has 0 aliphatic carbocycles. The van der Waals surface area contributed by atoms with Crippen LogP contribution in [0.5, 0.6) is 11.5 Å². The first-order valence-corrected chi connectivity index (χ1v) is 8.60. The van der Waals surface area contributed by atoms with Crippen LogP contribution in [0.15, 0.2) is 48.5 Å². The standard InChI is InChI=1S/C19H21N5O3/c1-13(2)12-27-15-9-7-14(8-10-15)19-21-23-24(22-19)11-18(26)20-16-5-3-4-6-17(16)25/h3-10,13,25H,11-12H2,1-2H3,(H,20,26). The maximum atomic E-state index is 12.1. The van der Waals surface area contributed by atoms with Crippen LogP contribution in [0.2, 0.25) is 0 Å². The molecule has 140 valence electrons. The summed E-state index contributed by atoms with van der Waals surface area (Å²) in [5.74, 6) is 1.29. The van der Waals surface area contributed by atoms with Crippen molar-refractivity contribution < 1.29 is 14.6 Å². The van der Waals surface area contributed by atoms with E-state index in [2.05, 4.69) is 34.6 Å². The second kappa shape index (κ2) is 8.31. The summed E-state index contributed by atoms with van der Waals surface area (Å²) in [6, 6.07) is 13.9. The number of carbonyl (C=O) groups excluding carboxylic acids is 1. The molecule has 3 aromatic rings. The van der Waals surface area contributed by atoms with E-state index in [0.717, 1.165) is 11.3 Å². The van der Waals surface area contributed by atoms with Crippen molar-refractivity contribution in [1.29, 1.82) is 0 Å². The number of carbonyl (C=O) groups is 1. The van der Waals surface area contributed by atoms with Crippen molar-refractivity contribution in [2.45, 2.75) is 20.4 Å². The number of aromatic nitrogens is 4. The first-order valence-electron chi connectivity index (χ1n) is 8.60. The van der Waals surface area contributed by atoms with Gasteiger partial charge in [-0.2, -0.15) is 4.80 Å². The number of phenols is 1. The molecule has 0 saturated carbocycles. The van der Waals surface area contributed by atoms with E-state index >= 15 is 0 Å². The third-order valence-corrected chi connectivity index (χ3v) is 3.61. The second-order valence-corrected chi connectivity index (χ2v) is 6.44. The molecular formula is C19H21N5O3. The van der Waals surface area contributed by atoms with Gasteiger partial charge in [-0.15, -0.1) is 10.2 Å². The first-order chi connectivity index (χ1) is 13.0. The van der Waals surface area contributed by atoms with Crippen LogP contribution in [0, 0.1) is 5.92 Å². The number of phenolic OH excluding ortho intramolecular Hbond substituents is 1. The maximum Gasteiger partial charge on any atom is 0.248 e. The lowest BCUT2D eigenvalue weighted by Gasteiger charge is -2.08. The van der Waals surface area contributed by atoms with Gasteiger partial charge < -0.3 is 15.2 Å². The lowest BCUT2D eigenvalue weighted by molar-refractivity contribution is -0.117. The molecule has 2 aromatic carbocycles. The zero-order chi connectivity index (χ0) is 19.2. The summed E-state index contributed by atoms with van der Waals surface area (Å²) in [6.07, 6.45) is 0. The smallest absolute Gasteiger partial charge is 0.248 e. The van der Waals surface area contributed by atoms with Crippen LogP contribution in [0.1, 0.15) is 13.8 Å². The van der Waals surface area contributed by atoms with Crippen molar-refractivity contribution in [2.75, 3.05) is 11.9 Å². The quantitative estimate of drug-likeness (QED) is 0.623. The van der Waals surface area contributed by atoms with Gasteiger partial charge in [0.05, 0.1) is 12.3 Å². The number of nitrogens with zero attached hydrogens (tertiary/aromatic N) is 4. The molecule has 8 nitrogen and oxygen atoms in total. The Kier molecular flexibility index (Phi) is 5.65. The highest BCUT2D eigenvalue weighted by Crippen LogP contribution is 2.21. The van der Waals surface area contributed by atoms with Gasteiger partial charge in [0.25, 0.3) is 0 Å². The van der Waals surface area contributed by atoms with Crippen LogP contribution < -0.4 is 10.1 Å². The van der Waals surface area contributed by atoms with Crippen LogP contribution in [-0.2, 0) is 11.3 Å². The number of hydrogen-bond acceptors (Lipinski definition) is 6. The molecule has 1 amide bonds. The van der Waals surface area contributed by atoms with Gasteiger partial charge in [0.2, 0.25) is 11.7 Å². The number of benzene rings is 2. The molecule has 0 saturated heterocycles. The minimum Gasteiger partial charge on any atom is -0.506 e. The SMILES string of the molecule is CC(C)COc1ccc(-c2nnn(CC(=O)Nc3ccccc3O)n2)cc1. The van der Waals surface area contributed by atoms with Crippen molar-refractivity contribution in [1.82, 2.24) is 20.2 Å². The molecule has 27 heavy (non-hydrogen) atoms. The molecular weight excluding hydrogens is 346 g/mol. The van der Waals surface area contributed by atoms with Crippen molar-refractivity contribution in [3.63, 3.8) is 0 Å². The fraction of sp³-hybridized carbons (Fsp3) is 0.263. The van der Waals surface area contributed by atoms with Crippen LogP contribution in [-0.4, -0.2) is 37.8 Å². The highest BCUT2D eigenvalue weighted by molar-refractivity contribution is 5.91. The predicted molar refractivity (Wildman–Crippen MR) is 100 cm³/mol. The highest BCUT2D eigenvalue weighted by atomic mass is 16.5. The summed E-state index contributed by atoms with van der Waals surface area (Å²) in [6.45, 7) is 4.72. The summed E-state index contributed by atoms with van der Waals surface area (Å²) in [7, 11) is 0. The lowest BCUT2D eigenvalue weighted by atomic mass is 10.2. The molecule has 0 aliphatic rings. The number of tetrazole rings is 1. The normalized spacial score (nSPS) is 10.8. The summed E-state index contributed by atoms with van der Waals surface area (Å²) in [4.78, 5) is 13.3. The third kappa shape index (κ3) is 5.04. The summed E-state index contributed by atoms with van der Waals surface area (Å²) in [5, 5.41) is 24.4. The van der Waals surface area contributed by atoms with Crippen molar-refractivity contribution >= 4 is 11.6 Å². The van der Waals surface area contributed by atoms with Gasteiger partial charge in [-0.05, 0) is 47.5 Å². The number of nitrogens with one attached hydrogen (secondary N) is 1. The average Bonchev–Trinajstić information content (AvgIpc) is 3.10. The molecule has 8 heteroatoms. The summed E-state index contributed by atoms with van der Waals surface area (Å²) in [5.41, 5.74) is 1.11. The number of aromatic hydroxyl groups is 1. The van der Waals surface area contributed by atoms with Crippen molar-refractivity contribution in [2.24, 2.45) is 5.92 Å². The maximum absolute atomic E-state index is 12.1. The minimum atomic E-state index is -0.363. The Morgan fingerprint density at radius 3 is 2.63 bits per heavy atom. The molecule has 0 bridgehead atoms. The zero-order valence-electron chi connectivity index (χ0n) is 15.2. The van der Waals surface area contributed by atoms with E-state index < -0.39 is 0 Å². The monoisotopic (exact) mass is 367 g/mol. The predicted octanol–water partition coefficient (Wildman–Crippen LogP) is 2.72. The van der Waals surface area contributed by atoms with Gasteiger partial charge >= 0.3 is 0 Å². The third-order valence-electron chi connectivity index (χ3n) is 3.61. The fourth-order valence-corrected chi connectivity index (χ4v) is 2.29. The lowest BCUT2D eigenvalue weighted by Crippen LogP contribution is -2.20. The largest absolute Gasteiger partial charge is 0.506 e. The Labute approximate surface area is 156 Å². The zero-order valence-corrected chi connectivity index (χ0v) is 15.2. The van der Waals surface area contributed by atoms with E-state index in [-0.39, 0.29) is 18.2 Å². The van der Waals surface area contributed by atoms with Gasteiger partial charge in [0.1, 0.15) is 18.0 Å². The Morgan fingerprint density at radius 2 is 1.93 bits per heavy atom. The molecule has 0 unspecified atom stereocenters. The average molecular weight is 367 g/mol. The molecule has 0 radical (unpaired) electrons. The van der Waals surface area contributed by atoms with E-state index in [0.29, 0.717) is 24.0 Å². The number of ether oxygens (including phenoxy) is 1. The number of rotatable bonds is 7. The minimum absolute atomic E-state index is 0.00198. The van der Waals surface area contributed by atoms with Crippen LogP contribution in [0.3, 0.4) is 0 Å². The first kappa shape index (κ1) is 18.4. The topological polar surface area (TPSA) is 102 Å². The van der Waals surface area contributed by atoms with E-state index in [1.807, 2.05) is 24.3 Å². The molecule has 0 fully saturated rings. The van der Waals surface area contributed by atoms with E-state index in [1.165, 1.54) is 10.9 Å². The van der Waals surface area contributed by atoms with E-state index in [9.17, 15) is 9.90 Å². The Hall–Kier alpha value is -3.42. The van der Waals surface area contributed by atoms with E-state index in [4.69, 9.17) is 4.74 Å². The molecule has 0 atom stereocenters. The van der Waals surface area contributed by atoms with Gasteiger partial charge in [-0.1, -0.05) is 26.0 Å². The van der Waals surface area contributed by atoms with Crippen LogP contribution in [0.25, 0.3) is 11.4 Å². The second-order valence-electron chi connectivity index (χ2n) is 6.44. The summed E-state index contributed by atoms with van der Waals surface area (Å²) >= 11 is 0. The molecule has 3 rings (SSSR count). The Balaban J connectivity index is 1.61. The van der Waals surface area contributed by atoms with E-state index in [1.54, 1.807) is 18.2 Å². The van der Waals surface area contributed by atoms with Crippen molar-refractivity contribution in [3.05, 3.63) is 48.5 Å². The molecule has 2 N–H and O–H groups in total. The summed E-state index contributed by atoms with van der Waals surface area (Å²) < 4.78 is 5.65. The Bertz CT molecular complexity index is 906. The number of amides is 1. The number of para-hydroxylation sites is 2. The van der Waals surface area contributed by atoms with Gasteiger partial charge in [0.15, 0.2) is 0 Å².